The van der Waals surface area contributed by atoms with Crippen molar-refractivity contribution in [1.29, 1.82) is 0 Å². The molecule has 1 unspecified atom stereocenters. The highest BCUT2D eigenvalue weighted by Gasteiger charge is 2.21. The van der Waals surface area contributed by atoms with Crippen molar-refractivity contribution in [1.82, 2.24) is 0 Å². The molecular formula is C24H22N2. The Morgan fingerprint density at radius 2 is 1.50 bits per heavy atom. The van der Waals surface area contributed by atoms with Crippen molar-refractivity contribution in [2.75, 3.05) is 0 Å². The molecule has 1 atom stereocenters. The fourth-order valence-electron chi connectivity index (χ4n) is 3.30. The van der Waals surface area contributed by atoms with Crippen LogP contribution >= 0.6 is 0 Å². The molecule has 26 heavy (non-hydrogen) atoms. The summed E-state index contributed by atoms with van der Waals surface area (Å²) in [7, 11) is 0. The highest BCUT2D eigenvalue weighted by atomic mass is 15.0. The first kappa shape index (κ1) is 16.5. The van der Waals surface area contributed by atoms with Gasteiger partial charge in [-0.1, -0.05) is 90.0 Å². The van der Waals surface area contributed by atoms with Crippen LogP contribution in [0.3, 0.4) is 0 Å². The lowest BCUT2D eigenvalue weighted by molar-refractivity contribution is 0.753. The zero-order valence-electron chi connectivity index (χ0n) is 15.2. The molecule has 2 heteroatoms. The number of amidine groups is 1. The summed E-state index contributed by atoms with van der Waals surface area (Å²) in [6.45, 7) is 4.22. The van der Waals surface area contributed by atoms with E-state index >= 15 is 0 Å². The molecule has 128 valence electrons. The minimum atomic E-state index is 0.0977. The fraction of sp³-hybridized carbons (Fsp3) is 0.167. The maximum Gasteiger partial charge on any atom is 0.155 e. The van der Waals surface area contributed by atoms with Gasteiger partial charge >= 0.3 is 0 Å². The summed E-state index contributed by atoms with van der Waals surface area (Å²) < 4.78 is 0. The van der Waals surface area contributed by atoms with Crippen LogP contribution in [0.25, 0.3) is 0 Å². The Balaban J connectivity index is 1.79. The van der Waals surface area contributed by atoms with Crippen molar-refractivity contribution in [3.63, 3.8) is 0 Å². The van der Waals surface area contributed by atoms with E-state index in [9.17, 15) is 0 Å². The van der Waals surface area contributed by atoms with Crippen molar-refractivity contribution >= 4 is 11.5 Å². The zero-order valence-corrected chi connectivity index (χ0v) is 15.2. The molecule has 0 bridgehead atoms. The monoisotopic (exact) mass is 338 g/mol. The second-order valence-corrected chi connectivity index (χ2v) is 6.88. The minimum absolute atomic E-state index is 0.0977. The van der Waals surface area contributed by atoms with Gasteiger partial charge in [0.05, 0.1) is 11.8 Å². The van der Waals surface area contributed by atoms with Crippen molar-refractivity contribution in [2.45, 2.75) is 26.3 Å². The first-order valence-electron chi connectivity index (χ1n) is 9.03. The molecule has 0 saturated carbocycles. The molecule has 0 aromatic heterocycles. The van der Waals surface area contributed by atoms with Gasteiger partial charge < -0.3 is 0 Å². The standard InChI is InChI=1S/C24H22N2/c1-17-11-13-20(14-12-17)24-25-22(19-8-4-3-5-9-19)16-23(26-24)21-10-6-7-18(2)15-21/h3-15,22H,16H2,1-2H3. The summed E-state index contributed by atoms with van der Waals surface area (Å²) in [6, 6.07) is 27.6. The third-order valence-corrected chi connectivity index (χ3v) is 4.75. The van der Waals surface area contributed by atoms with Crippen molar-refractivity contribution in [3.8, 4) is 0 Å². The van der Waals surface area contributed by atoms with E-state index in [2.05, 4.69) is 86.6 Å². The number of aryl methyl sites for hydroxylation is 2. The van der Waals surface area contributed by atoms with Crippen LogP contribution in [-0.2, 0) is 0 Å². The summed E-state index contributed by atoms with van der Waals surface area (Å²) in [5.41, 5.74) is 7.09. The smallest absolute Gasteiger partial charge is 0.155 e. The summed E-state index contributed by atoms with van der Waals surface area (Å²) in [6.07, 6.45) is 0.822. The predicted octanol–water partition coefficient (Wildman–Crippen LogP) is 5.68. The van der Waals surface area contributed by atoms with Gasteiger partial charge in [0.15, 0.2) is 5.84 Å². The van der Waals surface area contributed by atoms with Crippen molar-refractivity contribution in [3.05, 3.63) is 107 Å². The summed E-state index contributed by atoms with van der Waals surface area (Å²) in [5.74, 6) is 0.821. The molecule has 0 saturated heterocycles. The van der Waals surface area contributed by atoms with Crippen LogP contribution in [0.5, 0.6) is 0 Å². The number of hydrogen-bond acceptors (Lipinski definition) is 2. The van der Waals surface area contributed by atoms with Crippen LogP contribution in [0, 0.1) is 13.8 Å². The van der Waals surface area contributed by atoms with Crippen LogP contribution in [-0.4, -0.2) is 11.5 Å². The second kappa shape index (κ2) is 7.09. The quantitative estimate of drug-likeness (QED) is 0.586. The van der Waals surface area contributed by atoms with E-state index in [1.54, 1.807) is 0 Å². The lowest BCUT2D eigenvalue weighted by atomic mass is 9.95. The Morgan fingerprint density at radius 1 is 0.731 bits per heavy atom. The molecule has 1 aliphatic rings. The largest absolute Gasteiger partial charge is 0.258 e. The molecule has 0 N–H and O–H groups in total. The van der Waals surface area contributed by atoms with Gasteiger partial charge in [-0.3, -0.25) is 4.99 Å². The second-order valence-electron chi connectivity index (χ2n) is 6.88. The SMILES string of the molecule is Cc1ccc(C2=NC(c3ccccc3)CC(c3cccc(C)c3)=N2)cc1. The lowest BCUT2D eigenvalue weighted by Crippen LogP contribution is -2.17. The molecule has 3 aromatic rings. The number of benzene rings is 3. The van der Waals surface area contributed by atoms with Gasteiger partial charge in [-0.05, 0) is 25.0 Å². The molecule has 0 spiro atoms. The summed E-state index contributed by atoms with van der Waals surface area (Å²) in [4.78, 5) is 9.91. The number of nitrogens with zero attached hydrogens (tertiary/aromatic N) is 2. The van der Waals surface area contributed by atoms with E-state index in [0.29, 0.717) is 0 Å². The Kier molecular flexibility index (Phi) is 4.49. The first-order chi connectivity index (χ1) is 12.7. The molecule has 0 radical (unpaired) electrons. The Bertz CT molecular complexity index is 967. The minimum Gasteiger partial charge on any atom is -0.258 e. The van der Waals surface area contributed by atoms with E-state index in [4.69, 9.17) is 9.98 Å². The summed E-state index contributed by atoms with van der Waals surface area (Å²) >= 11 is 0. The van der Waals surface area contributed by atoms with Crippen molar-refractivity contribution in [2.24, 2.45) is 9.98 Å². The van der Waals surface area contributed by atoms with Gasteiger partial charge in [0.1, 0.15) is 0 Å². The maximum atomic E-state index is 4.98. The normalized spacial score (nSPS) is 16.8. The zero-order chi connectivity index (χ0) is 17.9. The van der Waals surface area contributed by atoms with Gasteiger partial charge in [0.25, 0.3) is 0 Å². The van der Waals surface area contributed by atoms with Gasteiger partial charge in [-0.15, -0.1) is 0 Å². The molecule has 1 aliphatic heterocycles. The fourth-order valence-corrected chi connectivity index (χ4v) is 3.30. The highest BCUT2D eigenvalue weighted by molar-refractivity contribution is 6.14. The Hall–Kier alpha value is -3.00. The molecule has 0 amide bonds. The van der Waals surface area contributed by atoms with Crippen molar-refractivity contribution < 1.29 is 0 Å². The average molecular weight is 338 g/mol. The Morgan fingerprint density at radius 3 is 2.23 bits per heavy atom. The van der Waals surface area contributed by atoms with Gasteiger partial charge in [-0.2, -0.15) is 0 Å². The molecule has 4 rings (SSSR count). The average Bonchev–Trinajstić information content (AvgIpc) is 2.69. The summed E-state index contributed by atoms with van der Waals surface area (Å²) in [5, 5.41) is 0. The molecular weight excluding hydrogens is 316 g/mol. The molecule has 1 heterocycles. The predicted molar refractivity (Wildman–Crippen MR) is 109 cm³/mol. The first-order valence-corrected chi connectivity index (χ1v) is 9.03. The topological polar surface area (TPSA) is 24.7 Å². The maximum absolute atomic E-state index is 4.98. The van der Waals surface area contributed by atoms with E-state index in [-0.39, 0.29) is 6.04 Å². The van der Waals surface area contributed by atoms with Crippen LogP contribution in [0.1, 0.15) is 40.3 Å². The van der Waals surface area contributed by atoms with E-state index in [1.807, 2.05) is 6.07 Å². The molecule has 0 fully saturated rings. The number of rotatable bonds is 3. The highest BCUT2D eigenvalue weighted by Crippen LogP contribution is 2.29. The van der Waals surface area contributed by atoms with E-state index < -0.39 is 0 Å². The lowest BCUT2D eigenvalue weighted by Gasteiger charge is -2.21. The van der Waals surface area contributed by atoms with E-state index in [1.165, 1.54) is 22.3 Å². The molecule has 0 aliphatic carbocycles. The Labute approximate surface area is 155 Å². The molecule has 3 aromatic carbocycles. The van der Waals surface area contributed by atoms with Crippen LogP contribution in [0.2, 0.25) is 0 Å². The van der Waals surface area contributed by atoms with Gasteiger partial charge in [-0.25, -0.2) is 4.99 Å². The van der Waals surface area contributed by atoms with Gasteiger partial charge in [0, 0.05) is 12.0 Å². The van der Waals surface area contributed by atoms with Crippen LogP contribution in [0.15, 0.2) is 88.8 Å². The van der Waals surface area contributed by atoms with E-state index in [0.717, 1.165) is 23.5 Å². The number of hydrogen-bond donors (Lipinski definition) is 0. The third kappa shape index (κ3) is 3.50. The number of aliphatic imine (C=N–C) groups is 2. The van der Waals surface area contributed by atoms with Crippen LogP contribution < -0.4 is 0 Å². The molecule has 2 nitrogen and oxygen atoms in total. The van der Waals surface area contributed by atoms with Gasteiger partial charge in [0.2, 0.25) is 0 Å². The third-order valence-electron chi connectivity index (χ3n) is 4.75. The van der Waals surface area contributed by atoms with Crippen LogP contribution in [0.4, 0.5) is 0 Å².